The van der Waals surface area contributed by atoms with Gasteiger partial charge in [0.1, 0.15) is 0 Å². The first-order chi connectivity index (χ1) is 7.82. The van der Waals surface area contributed by atoms with Gasteiger partial charge >= 0.3 is 8.80 Å². The van der Waals surface area contributed by atoms with Crippen molar-refractivity contribution < 1.29 is 13.3 Å². The summed E-state index contributed by atoms with van der Waals surface area (Å²) in [7, 11) is 1.50. The molecule has 0 fully saturated rings. The number of rotatable bonds is 8. The van der Waals surface area contributed by atoms with Crippen molar-refractivity contribution in [1.82, 2.24) is 0 Å². The molecule has 0 aromatic carbocycles. The van der Waals surface area contributed by atoms with Crippen molar-refractivity contribution in [2.24, 2.45) is 0 Å². The molecule has 2 unspecified atom stereocenters. The third-order valence-corrected chi connectivity index (χ3v) is 19.4. The van der Waals surface area contributed by atoms with Crippen LogP contribution in [0.4, 0.5) is 0 Å². The zero-order chi connectivity index (χ0) is 13.7. The van der Waals surface area contributed by atoms with Gasteiger partial charge in [0, 0.05) is 26.6 Å². The molecule has 0 aliphatic rings. The van der Waals surface area contributed by atoms with Crippen LogP contribution in [0.5, 0.6) is 0 Å². The summed E-state index contributed by atoms with van der Waals surface area (Å²) >= 11 is 0. The van der Waals surface area contributed by atoms with Crippen LogP contribution in [0.25, 0.3) is 0 Å². The van der Waals surface area contributed by atoms with E-state index in [-0.39, 0.29) is 7.47 Å². The highest BCUT2D eigenvalue weighted by Crippen LogP contribution is 2.54. The zero-order valence-electron chi connectivity index (χ0n) is 12.7. The largest absolute Gasteiger partial charge is 0.507 e. The van der Waals surface area contributed by atoms with E-state index in [1.807, 2.05) is 0 Å². The summed E-state index contributed by atoms with van der Waals surface area (Å²) in [5.74, 6) is 0. The first-order valence-corrected chi connectivity index (χ1v) is 14.0. The molecule has 3 nitrogen and oxygen atoms in total. The molecule has 2 atom stereocenters. The van der Waals surface area contributed by atoms with Crippen LogP contribution in [0, 0.1) is 0 Å². The van der Waals surface area contributed by atoms with Crippen molar-refractivity contribution >= 4 is 24.0 Å². The Morgan fingerprint density at radius 1 is 0.941 bits per heavy atom. The molecule has 0 saturated heterocycles. The predicted molar refractivity (Wildman–Crippen MR) is 81.7 cm³/mol. The molecule has 0 aromatic heterocycles. The Morgan fingerprint density at radius 2 is 1.35 bits per heavy atom. The Labute approximate surface area is 110 Å². The highest BCUT2D eigenvalue weighted by molar-refractivity contribution is 7.96. The maximum absolute atomic E-state index is 5.70. The molecule has 0 saturated carbocycles. The maximum atomic E-state index is 5.70. The lowest BCUT2D eigenvalue weighted by atomic mass is 10.6. The standard InChI is InChI=1S/C11H29O3PSi2/c1-9-11(15(10-2)16(6,7)8)17(12-3,13-4)14-5/h11H,9-10H2,1-8H3. The lowest BCUT2D eigenvalue weighted by Gasteiger charge is -2.42. The van der Waals surface area contributed by atoms with Crippen LogP contribution in [0.2, 0.25) is 19.6 Å². The fourth-order valence-corrected chi connectivity index (χ4v) is 21.2. The van der Waals surface area contributed by atoms with Gasteiger partial charge in [-0.1, -0.05) is 33.5 Å². The van der Waals surface area contributed by atoms with Crippen molar-refractivity contribution in [2.75, 3.05) is 27.5 Å². The minimum absolute atomic E-state index is 0.0428. The van der Waals surface area contributed by atoms with Crippen LogP contribution in [0.1, 0.15) is 20.3 Å². The van der Waals surface area contributed by atoms with Crippen LogP contribution in [0.15, 0.2) is 0 Å². The third-order valence-electron chi connectivity index (χ3n) is 3.23. The molecule has 0 rings (SSSR count). The van der Waals surface area contributed by atoms with Gasteiger partial charge in [0.05, 0.1) is 7.74 Å². The van der Waals surface area contributed by atoms with Crippen molar-refractivity contribution in [3.8, 4) is 0 Å². The molecule has 0 aliphatic carbocycles. The van der Waals surface area contributed by atoms with Gasteiger partial charge in [0.15, 0.2) is 0 Å². The van der Waals surface area contributed by atoms with E-state index in [9.17, 15) is 0 Å². The summed E-state index contributed by atoms with van der Waals surface area (Å²) in [5, 5.41) is 0.481. The van der Waals surface area contributed by atoms with Gasteiger partial charge in [-0.2, -0.15) is 0 Å². The second-order valence-electron chi connectivity index (χ2n) is 5.10. The molecule has 0 radical (unpaired) electrons. The molecule has 0 spiro atoms. The Bertz CT molecular complexity index is 209. The zero-order valence-corrected chi connectivity index (χ0v) is 15.6. The van der Waals surface area contributed by atoms with Gasteiger partial charge in [-0.15, -0.1) is 7.47 Å². The van der Waals surface area contributed by atoms with E-state index in [1.54, 1.807) is 21.3 Å². The van der Waals surface area contributed by atoms with Crippen LogP contribution in [0.3, 0.4) is 0 Å². The number of hydrogen-bond donors (Lipinski definition) is 0. The first kappa shape index (κ1) is 17.7. The molecule has 17 heavy (non-hydrogen) atoms. The van der Waals surface area contributed by atoms with Gasteiger partial charge in [-0.25, -0.2) is 0 Å². The fraction of sp³-hybridized carbons (Fsp3) is 1.00. The Kier molecular flexibility index (Phi) is 7.68. The molecular weight excluding hydrogens is 267 g/mol. The van der Waals surface area contributed by atoms with E-state index in [0.717, 1.165) is 6.42 Å². The summed E-state index contributed by atoms with van der Waals surface area (Å²) in [4.78, 5) is 0. The normalized spacial score (nSPS) is 16.9. The van der Waals surface area contributed by atoms with Crippen LogP contribution < -0.4 is 0 Å². The highest BCUT2D eigenvalue weighted by atomic mass is 31.4. The molecule has 0 aromatic rings. The molecule has 104 valence electrons. The van der Waals surface area contributed by atoms with E-state index in [2.05, 4.69) is 33.5 Å². The Balaban J connectivity index is 5.27. The smallest absolute Gasteiger partial charge is 0.376 e. The monoisotopic (exact) mass is 296 g/mol. The summed E-state index contributed by atoms with van der Waals surface area (Å²) in [6, 6.07) is 0. The lowest BCUT2D eigenvalue weighted by molar-refractivity contribution is 0.120. The Morgan fingerprint density at radius 3 is 1.53 bits per heavy atom. The van der Waals surface area contributed by atoms with Crippen LogP contribution in [-0.4, -0.2) is 49.3 Å². The summed E-state index contributed by atoms with van der Waals surface area (Å²) in [5.41, 5.74) is 0. The van der Waals surface area contributed by atoms with E-state index < -0.39 is 16.5 Å². The lowest BCUT2D eigenvalue weighted by Crippen LogP contribution is -2.55. The molecular formula is C11H29O3PSi2. The highest BCUT2D eigenvalue weighted by Gasteiger charge is 2.51. The van der Waals surface area contributed by atoms with Gasteiger partial charge in [0.25, 0.3) is 0 Å². The fourth-order valence-electron chi connectivity index (χ4n) is 2.48. The van der Waals surface area contributed by atoms with E-state index >= 15 is 0 Å². The molecule has 6 heteroatoms. The topological polar surface area (TPSA) is 27.7 Å². The van der Waals surface area contributed by atoms with E-state index in [1.165, 1.54) is 6.16 Å². The molecule has 0 N–H and O–H groups in total. The second-order valence-corrected chi connectivity index (χ2v) is 21.0. The third kappa shape index (κ3) is 4.11. The average Bonchev–Trinajstić information content (AvgIpc) is 2.28. The van der Waals surface area contributed by atoms with Gasteiger partial charge in [-0.05, 0) is 12.6 Å². The predicted octanol–water partition coefficient (Wildman–Crippen LogP) is 3.52. The average molecular weight is 296 g/mol. The molecule has 0 heterocycles. The van der Waals surface area contributed by atoms with E-state index in [4.69, 9.17) is 13.3 Å². The minimum Gasteiger partial charge on any atom is -0.376 e. The molecule has 0 bridgehead atoms. The minimum atomic E-state index is -2.48. The first-order valence-electron chi connectivity index (χ1n) is 6.25. The van der Waals surface area contributed by atoms with Gasteiger partial charge in [-0.3, -0.25) is 0 Å². The van der Waals surface area contributed by atoms with Crippen LogP contribution in [-0.2, 0) is 13.3 Å². The summed E-state index contributed by atoms with van der Waals surface area (Å²) < 4.78 is 17.1. The molecule has 0 aliphatic heterocycles. The van der Waals surface area contributed by atoms with E-state index in [0.29, 0.717) is 5.28 Å². The van der Waals surface area contributed by atoms with Crippen molar-refractivity contribution in [2.45, 2.75) is 45.2 Å². The second kappa shape index (κ2) is 7.36. The maximum Gasteiger partial charge on any atom is 0.507 e. The number of hydrogen-bond acceptors (Lipinski definition) is 3. The van der Waals surface area contributed by atoms with Gasteiger partial charge in [0.2, 0.25) is 0 Å². The van der Waals surface area contributed by atoms with Crippen molar-refractivity contribution in [1.29, 1.82) is 0 Å². The van der Waals surface area contributed by atoms with Gasteiger partial charge < -0.3 is 13.3 Å². The molecule has 0 amide bonds. The van der Waals surface area contributed by atoms with Crippen LogP contribution >= 0.6 is 7.47 Å². The van der Waals surface area contributed by atoms with Crippen molar-refractivity contribution in [3.05, 3.63) is 0 Å². The van der Waals surface area contributed by atoms with Crippen molar-refractivity contribution in [3.63, 3.8) is 0 Å². The summed E-state index contributed by atoms with van der Waals surface area (Å²) in [6.45, 7) is 11.9. The SMILES string of the molecule is CCC(P(CC)[Si](C)(C)C)[Si](OC)(OC)OC. The summed E-state index contributed by atoms with van der Waals surface area (Å²) in [6.07, 6.45) is 2.33. The quantitative estimate of drug-likeness (QED) is 0.507. The Hall–Kier alpha value is 0.744.